The summed E-state index contributed by atoms with van der Waals surface area (Å²) in [5, 5.41) is 0. The standard InChI is InChI=1S/C76H140O6/c1-4-7-10-13-16-19-22-25-28-29-30-31-32-33-34-35-36-37-38-39-40-41-42-43-44-45-46-47-49-51-54-57-60-63-66-69-75(78)81-72-73(71-80-74(77)68-65-62-59-56-53-50-27-24-21-18-15-12-9-6-3)82-76(79)70-67-64-61-58-55-52-48-26-23-20-17-14-11-8-5-2/h8,11,17,20,26,48,55,58,73H,4-7,9-10,12-16,18-19,21-25,27-47,49-54,56-57,59-72H2,1-3H3/b11-8-,20-17-,48-26-,58-55-. The van der Waals surface area contributed by atoms with Gasteiger partial charge in [-0.05, 0) is 57.8 Å². The van der Waals surface area contributed by atoms with Crippen LogP contribution in [0.2, 0.25) is 0 Å². The van der Waals surface area contributed by atoms with Gasteiger partial charge in [0.25, 0.3) is 0 Å². The van der Waals surface area contributed by atoms with Gasteiger partial charge in [0.1, 0.15) is 13.2 Å². The average molecular weight is 1150 g/mol. The Bertz CT molecular complexity index is 1410. The second-order valence-corrected chi connectivity index (χ2v) is 24.8. The highest BCUT2D eigenvalue weighted by molar-refractivity contribution is 5.71. The maximum atomic E-state index is 12.9. The lowest BCUT2D eigenvalue weighted by atomic mass is 10.0. The van der Waals surface area contributed by atoms with Gasteiger partial charge >= 0.3 is 17.9 Å². The van der Waals surface area contributed by atoms with E-state index in [-0.39, 0.29) is 37.5 Å². The van der Waals surface area contributed by atoms with Crippen molar-refractivity contribution >= 4 is 17.9 Å². The summed E-state index contributed by atoms with van der Waals surface area (Å²) < 4.78 is 16.9. The number of ether oxygens (including phenoxy) is 3. The lowest BCUT2D eigenvalue weighted by Gasteiger charge is -2.18. The Morgan fingerprint density at radius 2 is 0.476 bits per heavy atom. The van der Waals surface area contributed by atoms with Gasteiger partial charge in [-0.1, -0.05) is 371 Å². The molecule has 0 aliphatic heterocycles. The molecule has 480 valence electrons. The van der Waals surface area contributed by atoms with Gasteiger partial charge in [-0.3, -0.25) is 14.4 Å². The van der Waals surface area contributed by atoms with Gasteiger partial charge in [0.2, 0.25) is 0 Å². The third-order valence-electron chi connectivity index (χ3n) is 16.6. The highest BCUT2D eigenvalue weighted by atomic mass is 16.6. The predicted molar refractivity (Wildman–Crippen MR) is 358 cm³/mol. The van der Waals surface area contributed by atoms with Gasteiger partial charge in [0, 0.05) is 19.3 Å². The molecule has 0 rings (SSSR count). The number of allylic oxidation sites excluding steroid dienone is 8. The summed E-state index contributed by atoms with van der Waals surface area (Å²) in [6.07, 6.45) is 90.4. The Balaban J connectivity index is 4.07. The average Bonchev–Trinajstić information content (AvgIpc) is 3.47. The molecule has 0 N–H and O–H groups in total. The Hall–Kier alpha value is -2.63. The predicted octanol–water partition coefficient (Wildman–Crippen LogP) is 25.3. The van der Waals surface area contributed by atoms with Crippen LogP contribution in [0.15, 0.2) is 48.6 Å². The minimum Gasteiger partial charge on any atom is -0.462 e. The van der Waals surface area contributed by atoms with E-state index in [0.717, 1.165) is 77.0 Å². The molecule has 0 aliphatic carbocycles. The van der Waals surface area contributed by atoms with Crippen LogP contribution in [0.5, 0.6) is 0 Å². The molecule has 1 atom stereocenters. The Kier molecular flexibility index (Phi) is 68.6. The number of esters is 3. The van der Waals surface area contributed by atoms with Gasteiger partial charge in [-0.25, -0.2) is 0 Å². The summed E-state index contributed by atoms with van der Waals surface area (Å²) >= 11 is 0. The molecule has 0 fully saturated rings. The summed E-state index contributed by atoms with van der Waals surface area (Å²) in [5.74, 6) is -0.902. The number of carbonyl (C=O) groups is 3. The summed E-state index contributed by atoms with van der Waals surface area (Å²) in [7, 11) is 0. The summed E-state index contributed by atoms with van der Waals surface area (Å²) in [4.78, 5) is 38.3. The molecule has 82 heavy (non-hydrogen) atoms. The molecule has 0 saturated heterocycles. The van der Waals surface area contributed by atoms with Crippen molar-refractivity contribution in [3.63, 3.8) is 0 Å². The first kappa shape index (κ1) is 79.4. The molecular formula is C76H140O6. The molecule has 0 bridgehead atoms. The number of hydrogen-bond donors (Lipinski definition) is 0. The summed E-state index contributed by atoms with van der Waals surface area (Å²) in [6, 6.07) is 0. The molecular weight excluding hydrogens is 1010 g/mol. The molecule has 0 aliphatic rings. The first-order valence-electron chi connectivity index (χ1n) is 36.6. The fourth-order valence-electron chi connectivity index (χ4n) is 11.1. The quantitative estimate of drug-likeness (QED) is 0.0261. The lowest BCUT2D eigenvalue weighted by Crippen LogP contribution is -2.30. The number of carbonyl (C=O) groups excluding carboxylic acids is 3. The Morgan fingerprint density at radius 3 is 0.744 bits per heavy atom. The smallest absolute Gasteiger partial charge is 0.306 e. The van der Waals surface area contributed by atoms with Crippen LogP contribution in [0, 0.1) is 0 Å². The van der Waals surface area contributed by atoms with Crippen LogP contribution in [0.4, 0.5) is 0 Å². The molecule has 6 heteroatoms. The summed E-state index contributed by atoms with van der Waals surface area (Å²) in [5.41, 5.74) is 0. The van der Waals surface area contributed by atoms with Gasteiger partial charge in [-0.15, -0.1) is 0 Å². The zero-order chi connectivity index (χ0) is 59.2. The Labute approximate surface area is 511 Å². The van der Waals surface area contributed by atoms with Crippen molar-refractivity contribution in [2.45, 2.75) is 406 Å². The van der Waals surface area contributed by atoms with Crippen LogP contribution in [0.1, 0.15) is 400 Å². The van der Waals surface area contributed by atoms with Crippen LogP contribution in [-0.2, 0) is 28.6 Å². The first-order valence-corrected chi connectivity index (χ1v) is 36.6. The van der Waals surface area contributed by atoms with Gasteiger partial charge < -0.3 is 14.2 Å². The van der Waals surface area contributed by atoms with Gasteiger partial charge in [0.15, 0.2) is 6.10 Å². The van der Waals surface area contributed by atoms with Crippen molar-refractivity contribution in [2.75, 3.05) is 13.2 Å². The van der Waals surface area contributed by atoms with Crippen molar-refractivity contribution in [3.05, 3.63) is 48.6 Å². The second-order valence-electron chi connectivity index (χ2n) is 24.8. The third kappa shape index (κ3) is 68.2. The monoisotopic (exact) mass is 1150 g/mol. The van der Waals surface area contributed by atoms with E-state index in [9.17, 15) is 14.4 Å². The normalized spacial score (nSPS) is 12.3. The topological polar surface area (TPSA) is 78.9 Å². The van der Waals surface area contributed by atoms with Gasteiger partial charge in [-0.2, -0.15) is 0 Å². The molecule has 6 nitrogen and oxygen atoms in total. The third-order valence-corrected chi connectivity index (χ3v) is 16.6. The SMILES string of the molecule is CC/C=C\C/C=C\C/C=C\C/C=C\CCCCC(=O)OC(COC(=O)CCCCCCCCCCCCCCCC)COC(=O)CCCCCCCCCCCCCCCCCCCCCCCCCCCCCCCCCCCCC. The van der Waals surface area contributed by atoms with Crippen LogP contribution in [0.25, 0.3) is 0 Å². The van der Waals surface area contributed by atoms with Crippen molar-refractivity contribution in [3.8, 4) is 0 Å². The van der Waals surface area contributed by atoms with E-state index < -0.39 is 6.10 Å². The van der Waals surface area contributed by atoms with Gasteiger partial charge in [0.05, 0.1) is 0 Å². The van der Waals surface area contributed by atoms with E-state index in [1.54, 1.807) is 0 Å². The lowest BCUT2D eigenvalue weighted by molar-refractivity contribution is -0.167. The second kappa shape index (κ2) is 70.9. The largest absolute Gasteiger partial charge is 0.462 e. The molecule has 0 aromatic carbocycles. The van der Waals surface area contributed by atoms with Crippen molar-refractivity contribution in [1.29, 1.82) is 0 Å². The van der Waals surface area contributed by atoms with Crippen molar-refractivity contribution < 1.29 is 28.6 Å². The molecule has 0 aromatic heterocycles. The maximum Gasteiger partial charge on any atom is 0.306 e. The Morgan fingerprint density at radius 1 is 0.256 bits per heavy atom. The summed E-state index contributed by atoms with van der Waals surface area (Å²) in [6.45, 7) is 6.56. The highest BCUT2D eigenvalue weighted by Gasteiger charge is 2.19. The van der Waals surface area contributed by atoms with Crippen LogP contribution in [0.3, 0.4) is 0 Å². The molecule has 0 spiro atoms. The minimum absolute atomic E-state index is 0.0850. The van der Waals surface area contributed by atoms with E-state index in [2.05, 4.69) is 69.4 Å². The van der Waals surface area contributed by atoms with E-state index in [4.69, 9.17) is 14.2 Å². The minimum atomic E-state index is -0.793. The van der Waals surface area contributed by atoms with E-state index >= 15 is 0 Å². The molecule has 0 radical (unpaired) electrons. The molecule has 1 unspecified atom stereocenters. The molecule has 0 heterocycles. The molecule has 0 amide bonds. The zero-order valence-electron chi connectivity index (χ0n) is 55.3. The van der Waals surface area contributed by atoms with Crippen molar-refractivity contribution in [1.82, 2.24) is 0 Å². The van der Waals surface area contributed by atoms with Crippen LogP contribution < -0.4 is 0 Å². The fraction of sp³-hybridized carbons (Fsp3) is 0.855. The van der Waals surface area contributed by atoms with Crippen LogP contribution >= 0.6 is 0 Å². The number of rotatable bonds is 68. The molecule has 0 saturated carbocycles. The van der Waals surface area contributed by atoms with E-state index in [1.807, 2.05) is 0 Å². The van der Waals surface area contributed by atoms with Crippen LogP contribution in [-0.4, -0.2) is 37.2 Å². The number of hydrogen-bond acceptors (Lipinski definition) is 6. The van der Waals surface area contributed by atoms with E-state index in [1.165, 1.54) is 276 Å². The number of unbranched alkanes of at least 4 members (excludes halogenated alkanes) is 49. The molecule has 0 aromatic rings. The van der Waals surface area contributed by atoms with Crippen molar-refractivity contribution in [2.24, 2.45) is 0 Å². The zero-order valence-corrected chi connectivity index (χ0v) is 55.3. The van der Waals surface area contributed by atoms with E-state index in [0.29, 0.717) is 19.3 Å². The first-order chi connectivity index (χ1) is 40.5. The fourth-order valence-corrected chi connectivity index (χ4v) is 11.1. The maximum absolute atomic E-state index is 12.9. The highest BCUT2D eigenvalue weighted by Crippen LogP contribution is 2.19.